The molecule has 0 aliphatic carbocycles. The van der Waals surface area contributed by atoms with Gasteiger partial charge in [0.15, 0.2) is 17.5 Å². The van der Waals surface area contributed by atoms with Crippen LogP contribution in [-0.4, -0.2) is 44.6 Å². The van der Waals surface area contributed by atoms with Gasteiger partial charge in [-0.05, 0) is 30.7 Å². The van der Waals surface area contributed by atoms with E-state index < -0.39 is 0 Å². The smallest absolute Gasteiger partial charge is 0.231 e. The number of benzene rings is 1. The predicted molar refractivity (Wildman–Crippen MR) is 121 cm³/mol. The highest BCUT2D eigenvalue weighted by molar-refractivity contribution is 14.0. The van der Waals surface area contributed by atoms with Gasteiger partial charge < -0.3 is 29.6 Å². The van der Waals surface area contributed by atoms with Gasteiger partial charge in [0.05, 0.1) is 13.2 Å². The second-order valence-corrected chi connectivity index (χ2v) is 6.05. The number of halogens is 1. The summed E-state index contributed by atoms with van der Waals surface area (Å²) in [7, 11) is 1.64. The Balaban J connectivity index is 0.00000300. The summed E-state index contributed by atoms with van der Waals surface area (Å²) < 4.78 is 21.5. The first kappa shape index (κ1) is 23.0. The Morgan fingerprint density at radius 3 is 2.86 bits per heavy atom. The van der Waals surface area contributed by atoms with Crippen molar-refractivity contribution in [3.63, 3.8) is 0 Å². The van der Waals surface area contributed by atoms with Crippen molar-refractivity contribution in [3.8, 4) is 17.4 Å². The number of rotatable bonds is 9. The normalized spacial score (nSPS) is 12.3. The van der Waals surface area contributed by atoms with E-state index in [4.69, 9.17) is 18.9 Å². The molecule has 1 aliphatic heterocycles. The molecule has 0 amide bonds. The zero-order chi connectivity index (χ0) is 19.6. The maximum Gasteiger partial charge on any atom is 0.231 e. The van der Waals surface area contributed by atoms with Crippen molar-refractivity contribution in [2.24, 2.45) is 4.99 Å². The maximum absolute atomic E-state index is 5.68. The molecule has 0 radical (unpaired) electrons. The summed E-state index contributed by atoms with van der Waals surface area (Å²) in [5.74, 6) is 2.85. The summed E-state index contributed by atoms with van der Waals surface area (Å²) in [6.45, 7) is 5.10. The van der Waals surface area contributed by atoms with Gasteiger partial charge in [0.2, 0.25) is 12.7 Å². The van der Waals surface area contributed by atoms with Crippen LogP contribution in [0.25, 0.3) is 0 Å². The Morgan fingerprint density at radius 2 is 2.03 bits per heavy atom. The number of methoxy groups -OCH3 is 1. The Labute approximate surface area is 188 Å². The van der Waals surface area contributed by atoms with Crippen LogP contribution in [-0.2, 0) is 17.8 Å². The molecule has 0 saturated carbocycles. The van der Waals surface area contributed by atoms with Crippen LogP contribution in [0.3, 0.4) is 0 Å². The molecule has 2 heterocycles. The van der Waals surface area contributed by atoms with E-state index in [-0.39, 0.29) is 30.8 Å². The number of hydrogen-bond acceptors (Lipinski definition) is 6. The lowest BCUT2D eigenvalue weighted by Gasteiger charge is -2.14. The zero-order valence-corrected chi connectivity index (χ0v) is 19.0. The average Bonchev–Trinajstić information content (AvgIpc) is 3.19. The topological polar surface area (TPSA) is 86.2 Å². The number of guanidine groups is 1. The van der Waals surface area contributed by atoms with Crippen molar-refractivity contribution < 1.29 is 18.9 Å². The Bertz CT molecular complexity index is 804. The van der Waals surface area contributed by atoms with Crippen molar-refractivity contribution in [1.82, 2.24) is 15.6 Å². The lowest BCUT2D eigenvalue weighted by atomic mass is 10.2. The molecule has 29 heavy (non-hydrogen) atoms. The lowest BCUT2D eigenvalue weighted by Crippen LogP contribution is -2.36. The minimum Gasteiger partial charge on any atom is -0.475 e. The number of fused-ring (bicyclic) bond motifs is 1. The monoisotopic (exact) mass is 514 g/mol. The minimum atomic E-state index is 0. The molecule has 2 N–H and O–H groups in total. The SMILES string of the molecule is CCNC(=NCc1ccc2c(c1)OCO2)NCc1cccnc1OCCOC.I. The Hall–Kier alpha value is -2.27. The first-order valence-electron chi connectivity index (χ1n) is 9.26. The number of ether oxygens (including phenoxy) is 4. The van der Waals surface area contributed by atoms with E-state index in [1.54, 1.807) is 13.3 Å². The molecule has 1 aromatic carbocycles. The second kappa shape index (κ2) is 12.3. The van der Waals surface area contributed by atoms with Gasteiger partial charge in [0.1, 0.15) is 6.61 Å². The molecule has 0 bridgehead atoms. The van der Waals surface area contributed by atoms with E-state index in [2.05, 4.69) is 20.6 Å². The molecule has 0 fully saturated rings. The number of pyridine rings is 1. The molecule has 1 aromatic heterocycles. The van der Waals surface area contributed by atoms with E-state index in [1.807, 2.05) is 37.3 Å². The molecule has 0 saturated heterocycles. The first-order valence-corrected chi connectivity index (χ1v) is 9.26. The summed E-state index contributed by atoms with van der Waals surface area (Å²) in [5, 5.41) is 6.57. The van der Waals surface area contributed by atoms with Gasteiger partial charge in [-0.1, -0.05) is 12.1 Å². The van der Waals surface area contributed by atoms with E-state index in [1.165, 1.54) is 0 Å². The molecular weight excluding hydrogens is 487 g/mol. The molecular formula is C20H27IN4O4. The van der Waals surface area contributed by atoms with Crippen LogP contribution in [0, 0.1) is 0 Å². The fourth-order valence-electron chi connectivity index (χ4n) is 2.64. The Kier molecular flexibility index (Phi) is 9.78. The Morgan fingerprint density at radius 1 is 1.17 bits per heavy atom. The van der Waals surface area contributed by atoms with E-state index in [0.29, 0.717) is 38.1 Å². The van der Waals surface area contributed by atoms with Crippen LogP contribution in [0.4, 0.5) is 0 Å². The van der Waals surface area contributed by atoms with Crippen LogP contribution in [0.2, 0.25) is 0 Å². The van der Waals surface area contributed by atoms with Crippen LogP contribution in [0.5, 0.6) is 17.4 Å². The number of aliphatic imine (C=N–C) groups is 1. The number of aromatic nitrogens is 1. The van der Waals surface area contributed by atoms with Gasteiger partial charge >= 0.3 is 0 Å². The molecule has 2 aromatic rings. The van der Waals surface area contributed by atoms with Crippen LogP contribution >= 0.6 is 24.0 Å². The fourth-order valence-corrected chi connectivity index (χ4v) is 2.64. The number of nitrogens with zero attached hydrogens (tertiary/aromatic N) is 2. The molecule has 0 unspecified atom stereocenters. The standard InChI is InChI=1S/C20H26N4O4.HI/c1-3-21-20(23-12-15-6-7-17-18(11-15)28-14-27-17)24-13-16-5-4-8-22-19(16)26-10-9-25-2;/h4-8,11H,3,9-10,12-14H2,1-2H3,(H2,21,23,24);1H. The van der Waals surface area contributed by atoms with Crippen LogP contribution in [0.1, 0.15) is 18.1 Å². The van der Waals surface area contributed by atoms with Gasteiger partial charge in [-0.3, -0.25) is 0 Å². The first-order chi connectivity index (χ1) is 13.8. The van der Waals surface area contributed by atoms with Gasteiger partial charge in [0, 0.05) is 32.0 Å². The van der Waals surface area contributed by atoms with Crippen molar-refractivity contribution in [3.05, 3.63) is 47.7 Å². The fraction of sp³-hybridized carbons (Fsp3) is 0.400. The molecule has 1 aliphatic rings. The van der Waals surface area contributed by atoms with Gasteiger partial charge in [-0.15, -0.1) is 24.0 Å². The third kappa shape index (κ3) is 6.93. The summed E-state index contributed by atoms with van der Waals surface area (Å²) in [6.07, 6.45) is 1.71. The molecule has 3 rings (SSSR count). The van der Waals surface area contributed by atoms with E-state index in [0.717, 1.165) is 29.2 Å². The zero-order valence-electron chi connectivity index (χ0n) is 16.6. The molecule has 0 spiro atoms. The average molecular weight is 514 g/mol. The van der Waals surface area contributed by atoms with Crippen LogP contribution in [0.15, 0.2) is 41.5 Å². The highest BCUT2D eigenvalue weighted by Crippen LogP contribution is 2.32. The molecule has 8 nitrogen and oxygen atoms in total. The van der Waals surface area contributed by atoms with Crippen LogP contribution < -0.4 is 24.8 Å². The van der Waals surface area contributed by atoms with Crippen molar-refractivity contribution in [2.75, 3.05) is 33.7 Å². The summed E-state index contributed by atoms with van der Waals surface area (Å²) >= 11 is 0. The molecule has 9 heteroatoms. The maximum atomic E-state index is 5.68. The molecule has 158 valence electrons. The second-order valence-electron chi connectivity index (χ2n) is 6.05. The third-order valence-electron chi connectivity index (χ3n) is 4.02. The highest BCUT2D eigenvalue weighted by Gasteiger charge is 2.13. The minimum absolute atomic E-state index is 0. The summed E-state index contributed by atoms with van der Waals surface area (Å²) in [6, 6.07) is 9.72. The molecule has 0 atom stereocenters. The van der Waals surface area contributed by atoms with Crippen molar-refractivity contribution in [1.29, 1.82) is 0 Å². The summed E-state index contributed by atoms with van der Waals surface area (Å²) in [5.41, 5.74) is 2.00. The predicted octanol–water partition coefficient (Wildman–Crippen LogP) is 2.71. The third-order valence-corrected chi connectivity index (χ3v) is 4.02. The lowest BCUT2D eigenvalue weighted by molar-refractivity contribution is 0.143. The largest absolute Gasteiger partial charge is 0.475 e. The van der Waals surface area contributed by atoms with Gasteiger partial charge in [0.25, 0.3) is 0 Å². The number of hydrogen-bond donors (Lipinski definition) is 2. The number of nitrogens with one attached hydrogen (secondary N) is 2. The van der Waals surface area contributed by atoms with Crippen molar-refractivity contribution in [2.45, 2.75) is 20.0 Å². The highest BCUT2D eigenvalue weighted by atomic mass is 127. The van der Waals surface area contributed by atoms with Crippen molar-refractivity contribution >= 4 is 29.9 Å². The van der Waals surface area contributed by atoms with E-state index >= 15 is 0 Å². The quantitative estimate of drug-likeness (QED) is 0.230. The van der Waals surface area contributed by atoms with Gasteiger partial charge in [-0.25, -0.2) is 9.98 Å². The van der Waals surface area contributed by atoms with E-state index in [9.17, 15) is 0 Å². The van der Waals surface area contributed by atoms with Gasteiger partial charge in [-0.2, -0.15) is 0 Å². The summed E-state index contributed by atoms with van der Waals surface area (Å²) in [4.78, 5) is 8.94.